The highest BCUT2D eigenvalue weighted by atomic mass is 16.5. The summed E-state index contributed by atoms with van der Waals surface area (Å²) in [6, 6.07) is 19.8. The highest BCUT2D eigenvalue weighted by Crippen LogP contribution is 2.27. The number of carbonyl (C=O) groups is 2. The van der Waals surface area contributed by atoms with E-state index >= 15 is 0 Å². The van der Waals surface area contributed by atoms with Crippen LogP contribution in [0.4, 0.5) is 0 Å². The summed E-state index contributed by atoms with van der Waals surface area (Å²) in [5.41, 5.74) is 3.80. The first-order chi connectivity index (χ1) is 16.6. The molecule has 8 heteroatoms. The van der Waals surface area contributed by atoms with Gasteiger partial charge in [-0.2, -0.15) is 0 Å². The van der Waals surface area contributed by atoms with E-state index in [1.807, 2.05) is 73.7 Å². The molecule has 2 amide bonds. The van der Waals surface area contributed by atoms with Gasteiger partial charge in [-0.15, -0.1) is 5.10 Å². The van der Waals surface area contributed by atoms with Crippen molar-refractivity contribution in [1.29, 1.82) is 0 Å². The van der Waals surface area contributed by atoms with Gasteiger partial charge in [0.25, 0.3) is 5.91 Å². The molecular formula is C26H27N5O3. The molecule has 0 saturated carbocycles. The quantitative estimate of drug-likeness (QED) is 0.563. The van der Waals surface area contributed by atoms with Crippen LogP contribution in [0.1, 0.15) is 40.3 Å². The number of hydrogen-bond donors (Lipinski definition) is 0. The van der Waals surface area contributed by atoms with E-state index in [1.165, 1.54) is 0 Å². The molecule has 1 saturated heterocycles. The molecule has 8 nitrogen and oxygen atoms in total. The minimum Gasteiger partial charge on any atom is -0.365 e. The molecule has 2 aliphatic heterocycles. The Balaban J connectivity index is 1.20. The molecule has 3 heterocycles. The molecular weight excluding hydrogens is 430 g/mol. The van der Waals surface area contributed by atoms with Gasteiger partial charge in [-0.3, -0.25) is 9.59 Å². The number of ether oxygens (including phenoxy) is 1. The number of benzene rings is 2. The maximum Gasteiger partial charge on any atom is 0.276 e. The summed E-state index contributed by atoms with van der Waals surface area (Å²) >= 11 is 0. The van der Waals surface area contributed by atoms with Crippen LogP contribution >= 0.6 is 0 Å². The van der Waals surface area contributed by atoms with Crippen LogP contribution in [-0.2, 0) is 22.7 Å². The zero-order valence-corrected chi connectivity index (χ0v) is 19.1. The minimum absolute atomic E-state index is 0.00246. The van der Waals surface area contributed by atoms with E-state index in [4.69, 9.17) is 4.74 Å². The third-order valence-corrected chi connectivity index (χ3v) is 6.35. The molecule has 2 aliphatic rings. The molecule has 0 unspecified atom stereocenters. The average Bonchev–Trinajstić information content (AvgIpc) is 3.32. The molecule has 0 aliphatic carbocycles. The van der Waals surface area contributed by atoms with Gasteiger partial charge < -0.3 is 14.5 Å². The lowest BCUT2D eigenvalue weighted by Crippen LogP contribution is -2.51. The summed E-state index contributed by atoms with van der Waals surface area (Å²) in [6.07, 6.45) is 1.78. The zero-order valence-electron chi connectivity index (χ0n) is 19.1. The van der Waals surface area contributed by atoms with Gasteiger partial charge in [0.1, 0.15) is 6.10 Å². The lowest BCUT2D eigenvalue weighted by Gasteiger charge is -2.34. The van der Waals surface area contributed by atoms with Crippen molar-refractivity contribution < 1.29 is 14.3 Å². The van der Waals surface area contributed by atoms with Crippen LogP contribution in [0.15, 0.2) is 66.2 Å². The van der Waals surface area contributed by atoms with Crippen molar-refractivity contribution in [3.8, 4) is 0 Å². The fourth-order valence-electron chi connectivity index (χ4n) is 4.42. The van der Waals surface area contributed by atoms with Crippen LogP contribution in [0.5, 0.6) is 0 Å². The molecule has 5 rings (SSSR count). The van der Waals surface area contributed by atoms with Crippen molar-refractivity contribution in [3.05, 3.63) is 88.8 Å². The van der Waals surface area contributed by atoms with E-state index < -0.39 is 0 Å². The standard InChI is InChI=1S/C26H27N5O3/c1-19(16-20-8-4-2-5-9-20)25(32)29-12-14-30(15-13-29)26(33)24-22-18-34-23(17-31(22)28-27-24)21-10-6-3-7-11-21/h2-11,16,23H,12-15,17-18H2,1H3/b19-16+/t23-/m1/s1. The van der Waals surface area contributed by atoms with Crippen molar-refractivity contribution >= 4 is 17.9 Å². The molecule has 34 heavy (non-hydrogen) atoms. The summed E-state index contributed by atoms with van der Waals surface area (Å²) in [4.78, 5) is 29.6. The van der Waals surface area contributed by atoms with E-state index in [0.717, 1.165) is 11.1 Å². The van der Waals surface area contributed by atoms with Crippen molar-refractivity contribution in [2.24, 2.45) is 0 Å². The van der Waals surface area contributed by atoms with E-state index in [2.05, 4.69) is 10.3 Å². The first kappa shape index (κ1) is 22.0. The molecule has 1 atom stereocenters. The molecule has 0 spiro atoms. The lowest BCUT2D eigenvalue weighted by molar-refractivity contribution is -0.128. The van der Waals surface area contributed by atoms with Crippen molar-refractivity contribution in [2.45, 2.75) is 26.2 Å². The largest absolute Gasteiger partial charge is 0.365 e. The van der Waals surface area contributed by atoms with E-state index in [0.29, 0.717) is 49.7 Å². The SMILES string of the molecule is C/C(=C\c1ccccc1)C(=O)N1CCN(C(=O)c2nnn3c2CO[C@@H](c2ccccc2)C3)CC1. The second kappa shape index (κ2) is 9.61. The number of carbonyl (C=O) groups excluding carboxylic acids is 2. The van der Waals surface area contributed by atoms with Gasteiger partial charge in [0.05, 0.1) is 18.8 Å². The third-order valence-electron chi connectivity index (χ3n) is 6.35. The number of amides is 2. The molecule has 174 valence electrons. The fraction of sp³-hybridized carbons (Fsp3) is 0.308. The van der Waals surface area contributed by atoms with Crippen LogP contribution in [0, 0.1) is 0 Å². The van der Waals surface area contributed by atoms with Gasteiger partial charge in [0.15, 0.2) is 5.69 Å². The van der Waals surface area contributed by atoms with E-state index in [9.17, 15) is 9.59 Å². The van der Waals surface area contributed by atoms with Crippen molar-refractivity contribution in [3.63, 3.8) is 0 Å². The highest BCUT2D eigenvalue weighted by Gasteiger charge is 2.32. The Hall–Kier alpha value is -3.78. The molecule has 0 radical (unpaired) electrons. The predicted molar refractivity (Wildman–Crippen MR) is 127 cm³/mol. The second-order valence-electron chi connectivity index (χ2n) is 8.60. The summed E-state index contributed by atoms with van der Waals surface area (Å²) in [7, 11) is 0. The summed E-state index contributed by atoms with van der Waals surface area (Å²) in [5, 5.41) is 8.40. The van der Waals surface area contributed by atoms with Crippen molar-refractivity contribution in [1.82, 2.24) is 24.8 Å². The smallest absolute Gasteiger partial charge is 0.276 e. The summed E-state index contributed by atoms with van der Waals surface area (Å²) < 4.78 is 7.79. The molecule has 2 aromatic carbocycles. The number of hydrogen-bond acceptors (Lipinski definition) is 5. The molecule has 1 aromatic heterocycles. The topological polar surface area (TPSA) is 80.6 Å². The van der Waals surface area contributed by atoms with Crippen LogP contribution in [-0.4, -0.2) is 62.8 Å². The van der Waals surface area contributed by atoms with Crippen LogP contribution < -0.4 is 0 Å². The average molecular weight is 458 g/mol. The first-order valence-electron chi connectivity index (χ1n) is 11.5. The van der Waals surface area contributed by atoms with Gasteiger partial charge in [-0.05, 0) is 24.1 Å². The number of fused-ring (bicyclic) bond motifs is 1. The molecule has 1 fully saturated rings. The van der Waals surface area contributed by atoms with Gasteiger partial charge in [0.2, 0.25) is 5.91 Å². The van der Waals surface area contributed by atoms with E-state index in [-0.39, 0.29) is 24.5 Å². The number of nitrogens with zero attached hydrogens (tertiary/aromatic N) is 5. The number of rotatable bonds is 4. The fourth-order valence-corrected chi connectivity index (χ4v) is 4.42. The Kier molecular flexibility index (Phi) is 6.22. The Morgan fingerprint density at radius 3 is 2.29 bits per heavy atom. The Morgan fingerprint density at radius 2 is 1.59 bits per heavy atom. The second-order valence-corrected chi connectivity index (χ2v) is 8.60. The van der Waals surface area contributed by atoms with Crippen molar-refractivity contribution in [2.75, 3.05) is 26.2 Å². The van der Waals surface area contributed by atoms with Crippen LogP contribution in [0.2, 0.25) is 0 Å². The normalized spacial score (nSPS) is 18.5. The highest BCUT2D eigenvalue weighted by molar-refractivity contribution is 5.97. The number of piperazine rings is 1. The Morgan fingerprint density at radius 1 is 0.941 bits per heavy atom. The van der Waals surface area contributed by atoms with Crippen LogP contribution in [0.3, 0.4) is 0 Å². The van der Waals surface area contributed by atoms with Gasteiger partial charge in [-0.1, -0.05) is 65.9 Å². The third kappa shape index (κ3) is 4.49. The predicted octanol–water partition coefficient (Wildman–Crippen LogP) is 2.94. The monoisotopic (exact) mass is 457 g/mol. The maximum atomic E-state index is 13.2. The van der Waals surface area contributed by atoms with Gasteiger partial charge >= 0.3 is 0 Å². The Labute approximate surface area is 198 Å². The van der Waals surface area contributed by atoms with Crippen LogP contribution in [0.25, 0.3) is 6.08 Å². The summed E-state index contributed by atoms with van der Waals surface area (Å²) in [6.45, 7) is 4.54. The lowest BCUT2D eigenvalue weighted by atomic mass is 10.1. The molecule has 3 aromatic rings. The summed E-state index contributed by atoms with van der Waals surface area (Å²) in [5.74, 6) is -0.163. The molecule has 0 N–H and O–H groups in total. The maximum absolute atomic E-state index is 13.2. The first-order valence-corrected chi connectivity index (χ1v) is 11.5. The minimum atomic E-state index is -0.161. The Bertz CT molecular complexity index is 1200. The molecule has 0 bridgehead atoms. The van der Waals surface area contributed by atoms with Gasteiger partial charge in [0, 0.05) is 31.8 Å². The number of aromatic nitrogens is 3. The van der Waals surface area contributed by atoms with E-state index in [1.54, 1.807) is 14.5 Å². The van der Waals surface area contributed by atoms with Gasteiger partial charge in [-0.25, -0.2) is 4.68 Å². The zero-order chi connectivity index (χ0) is 23.5.